The van der Waals surface area contributed by atoms with Gasteiger partial charge in [0.15, 0.2) is 0 Å². The minimum atomic E-state index is -0.953. The van der Waals surface area contributed by atoms with Gasteiger partial charge in [0.2, 0.25) is 11.7 Å². The van der Waals surface area contributed by atoms with E-state index >= 15 is 0 Å². The number of Topliss-reactive ketones (excluding diaryl/α,β-unsaturated/α-hetero) is 1. The first-order valence-electron chi connectivity index (χ1n) is 9.61. The first-order valence-corrected chi connectivity index (χ1v) is 10.4. The van der Waals surface area contributed by atoms with Crippen molar-refractivity contribution in [1.82, 2.24) is 10.6 Å². The number of hydrogen-bond acceptors (Lipinski definition) is 5. The predicted molar refractivity (Wildman–Crippen MR) is 113 cm³/mol. The van der Waals surface area contributed by atoms with Crippen LogP contribution in [0.15, 0.2) is 30.3 Å². The third kappa shape index (κ3) is 9.69. The maximum Gasteiger partial charge on any atom is 0.408 e. The number of alkyl carbamates (subject to hydrolysis) is 1. The average Bonchev–Trinajstić information content (AvgIpc) is 2.64. The fourth-order valence-electron chi connectivity index (χ4n) is 2.72. The average molecular weight is 469 g/mol. The van der Waals surface area contributed by atoms with Crippen LogP contribution < -0.4 is 10.6 Å². The normalized spacial score (nSPS) is 12.9. The smallest absolute Gasteiger partial charge is 0.408 e. The molecule has 8 heteroatoms. The molecule has 0 aliphatic rings. The van der Waals surface area contributed by atoms with Crippen molar-refractivity contribution in [2.24, 2.45) is 11.8 Å². The Morgan fingerprint density at radius 1 is 0.897 bits per heavy atom. The summed E-state index contributed by atoms with van der Waals surface area (Å²) in [6.07, 6.45) is -0.0516. The standard InChI is InChI=1S/C21H29BrN2O5/c1-13(2)10-16(18(25)19(22)26)23-20(27)17(11-14(3)4)24-21(28)29-12-15-8-6-5-7-9-15/h5-9,13-14,16-17H,10-12H2,1-4H3,(H,23,27)(H,24,28). The van der Waals surface area contributed by atoms with Crippen LogP contribution in [0, 0.1) is 11.8 Å². The van der Waals surface area contributed by atoms with Gasteiger partial charge in [-0.05, 0) is 30.2 Å². The van der Waals surface area contributed by atoms with Crippen molar-refractivity contribution in [1.29, 1.82) is 0 Å². The second-order valence-corrected chi connectivity index (χ2v) is 8.44. The van der Waals surface area contributed by atoms with E-state index < -0.39 is 34.6 Å². The summed E-state index contributed by atoms with van der Waals surface area (Å²) < 4.78 is 4.39. The van der Waals surface area contributed by atoms with Crippen molar-refractivity contribution < 1.29 is 23.9 Å². The molecule has 0 fully saturated rings. The SMILES string of the molecule is CC(C)CC(NC(=O)OCc1ccccc1)C(=O)NC(CC(C)C)C(=O)C(=O)Br. The summed E-state index contributed by atoms with van der Waals surface area (Å²) in [6.45, 7) is 7.67. The molecule has 1 aromatic rings. The van der Waals surface area contributed by atoms with Crippen LogP contribution in [-0.2, 0) is 25.7 Å². The van der Waals surface area contributed by atoms with Gasteiger partial charge in [-0.2, -0.15) is 0 Å². The molecule has 2 atom stereocenters. The molecule has 0 aliphatic heterocycles. The van der Waals surface area contributed by atoms with Gasteiger partial charge in [0.25, 0.3) is 4.69 Å². The van der Waals surface area contributed by atoms with Gasteiger partial charge < -0.3 is 15.4 Å². The summed E-state index contributed by atoms with van der Waals surface area (Å²) in [6, 6.07) is 7.35. The molecular weight excluding hydrogens is 440 g/mol. The Kier molecular flexibility index (Phi) is 10.6. The Labute approximate surface area is 180 Å². The maximum absolute atomic E-state index is 12.7. The molecule has 0 radical (unpaired) electrons. The summed E-state index contributed by atoms with van der Waals surface area (Å²) in [7, 11) is 0. The van der Waals surface area contributed by atoms with Crippen LogP contribution >= 0.6 is 15.9 Å². The highest BCUT2D eigenvalue weighted by Gasteiger charge is 2.30. The summed E-state index contributed by atoms with van der Waals surface area (Å²) in [4.78, 5) is 48.5. The Hall–Kier alpha value is -2.22. The zero-order valence-corrected chi connectivity index (χ0v) is 18.8. The molecule has 160 valence electrons. The Morgan fingerprint density at radius 2 is 1.45 bits per heavy atom. The number of ketones is 1. The molecule has 7 nitrogen and oxygen atoms in total. The molecule has 0 spiro atoms. The van der Waals surface area contributed by atoms with Crippen molar-refractivity contribution in [2.45, 2.75) is 59.2 Å². The lowest BCUT2D eigenvalue weighted by molar-refractivity contribution is -0.135. The van der Waals surface area contributed by atoms with Gasteiger partial charge in [-0.1, -0.05) is 58.0 Å². The van der Waals surface area contributed by atoms with Gasteiger partial charge in [-0.3, -0.25) is 14.4 Å². The Bertz CT molecular complexity index is 706. The third-order valence-corrected chi connectivity index (χ3v) is 4.45. The highest BCUT2D eigenvalue weighted by atomic mass is 79.9. The van der Waals surface area contributed by atoms with Crippen LogP contribution in [0.3, 0.4) is 0 Å². The van der Waals surface area contributed by atoms with Crippen LogP contribution in [0.25, 0.3) is 0 Å². The van der Waals surface area contributed by atoms with Crippen LogP contribution in [-0.4, -0.2) is 34.6 Å². The number of carbonyl (C=O) groups is 4. The molecule has 29 heavy (non-hydrogen) atoms. The van der Waals surface area contributed by atoms with Gasteiger partial charge in [0.1, 0.15) is 12.6 Å². The first-order chi connectivity index (χ1) is 13.6. The largest absolute Gasteiger partial charge is 0.445 e. The fourth-order valence-corrected chi connectivity index (χ4v) is 3.00. The highest BCUT2D eigenvalue weighted by molar-refractivity contribution is 9.19. The molecule has 0 bridgehead atoms. The van der Waals surface area contributed by atoms with Gasteiger partial charge in [0.05, 0.1) is 6.04 Å². The Balaban J connectivity index is 2.78. The van der Waals surface area contributed by atoms with Gasteiger partial charge in [0, 0.05) is 15.9 Å². The van der Waals surface area contributed by atoms with Gasteiger partial charge in [-0.15, -0.1) is 0 Å². The summed E-state index contributed by atoms with van der Waals surface area (Å²) in [5, 5.41) is 5.17. The third-order valence-electron chi connectivity index (χ3n) is 4.06. The Morgan fingerprint density at radius 3 is 1.97 bits per heavy atom. The van der Waals surface area contributed by atoms with Crippen molar-refractivity contribution in [2.75, 3.05) is 0 Å². The quantitative estimate of drug-likeness (QED) is 0.382. The molecule has 0 aromatic heterocycles. The van der Waals surface area contributed by atoms with E-state index in [9.17, 15) is 19.2 Å². The maximum atomic E-state index is 12.7. The molecule has 0 saturated carbocycles. The van der Waals surface area contributed by atoms with E-state index in [4.69, 9.17) is 4.74 Å². The molecule has 2 N–H and O–H groups in total. The summed E-state index contributed by atoms with van der Waals surface area (Å²) in [5.74, 6) is -1.05. The first kappa shape index (κ1) is 24.8. The molecule has 0 heterocycles. The highest BCUT2D eigenvalue weighted by Crippen LogP contribution is 2.11. The molecule has 1 rings (SSSR count). The second kappa shape index (κ2) is 12.4. The number of rotatable bonds is 11. The van der Waals surface area contributed by atoms with Crippen LogP contribution in [0.4, 0.5) is 4.79 Å². The zero-order chi connectivity index (χ0) is 22.0. The monoisotopic (exact) mass is 468 g/mol. The van der Waals surface area contributed by atoms with Crippen LogP contribution in [0.5, 0.6) is 0 Å². The number of benzene rings is 1. The van der Waals surface area contributed by atoms with E-state index in [0.29, 0.717) is 12.8 Å². The van der Waals surface area contributed by atoms with E-state index in [1.165, 1.54) is 0 Å². The van der Waals surface area contributed by atoms with E-state index in [-0.39, 0.29) is 18.4 Å². The lowest BCUT2D eigenvalue weighted by Crippen LogP contribution is -2.53. The van der Waals surface area contributed by atoms with Gasteiger partial charge >= 0.3 is 6.09 Å². The van der Waals surface area contributed by atoms with Crippen molar-refractivity contribution in [3.8, 4) is 0 Å². The predicted octanol–water partition coefficient (Wildman–Crippen LogP) is 3.35. The summed E-state index contributed by atoms with van der Waals surface area (Å²) >= 11 is 2.65. The van der Waals surface area contributed by atoms with E-state index in [1.54, 1.807) is 0 Å². The van der Waals surface area contributed by atoms with E-state index in [2.05, 4.69) is 26.6 Å². The molecule has 0 saturated heterocycles. The number of amides is 2. The summed E-state index contributed by atoms with van der Waals surface area (Å²) in [5.41, 5.74) is 0.825. The topological polar surface area (TPSA) is 102 Å². The molecule has 0 aliphatic carbocycles. The molecule has 2 amide bonds. The minimum absolute atomic E-state index is 0.0786. The minimum Gasteiger partial charge on any atom is -0.445 e. The van der Waals surface area contributed by atoms with Crippen LogP contribution in [0.1, 0.15) is 46.1 Å². The fraction of sp³-hybridized carbons (Fsp3) is 0.524. The lowest BCUT2D eigenvalue weighted by atomic mass is 9.99. The number of carbonyl (C=O) groups excluding carboxylic acids is 4. The van der Waals surface area contributed by atoms with Crippen molar-refractivity contribution in [3.05, 3.63) is 35.9 Å². The number of nitrogens with one attached hydrogen (secondary N) is 2. The van der Waals surface area contributed by atoms with E-state index in [1.807, 2.05) is 58.0 Å². The number of ether oxygens (including phenoxy) is 1. The number of hydrogen-bond donors (Lipinski definition) is 2. The van der Waals surface area contributed by atoms with Crippen molar-refractivity contribution in [3.63, 3.8) is 0 Å². The van der Waals surface area contributed by atoms with Gasteiger partial charge in [-0.25, -0.2) is 4.79 Å². The lowest BCUT2D eigenvalue weighted by Gasteiger charge is -2.24. The van der Waals surface area contributed by atoms with E-state index in [0.717, 1.165) is 5.56 Å². The zero-order valence-electron chi connectivity index (χ0n) is 17.2. The van der Waals surface area contributed by atoms with Crippen LogP contribution in [0.2, 0.25) is 0 Å². The number of halogens is 1. The molecular formula is C21H29BrN2O5. The molecule has 1 aromatic carbocycles. The van der Waals surface area contributed by atoms with Crippen molar-refractivity contribution >= 4 is 38.4 Å². The molecule has 2 unspecified atom stereocenters. The second-order valence-electron chi connectivity index (χ2n) is 7.72.